The Bertz CT molecular complexity index is 419. The van der Waals surface area contributed by atoms with Crippen molar-refractivity contribution in [2.45, 2.75) is 39.5 Å². The highest BCUT2D eigenvalue weighted by Gasteiger charge is 2.24. The average molecular weight is 291 g/mol. The van der Waals surface area contributed by atoms with Gasteiger partial charge in [-0.3, -0.25) is 0 Å². The quantitative estimate of drug-likeness (QED) is 0.799. The highest BCUT2D eigenvalue weighted by atomic mass is 16.5. The van der Waals surface area contributed by atoms with E-state index in [4.69, 9.17) is 4.74 Å². The molecule has 1 aliphatic carbocycles. The third-order valence-corrected chi connectivity index (χ3v) is 4.31. The highest BCUT2D eigenvalue weighted by molar-refractivity contribution is 5.56. The zero-order valence-electron chi connectivity index (χ0n) is 13.3. The Morgan fingerprint density at radius 3 is 2.62 bits per heavy atom. The summed E-state index contributed by atoms with van der Waals surface area (Å²) in [5.41, 5.74) is 1.07. The standard InChI is InChI=1S/C18H29NO2/c1-14(2)13-21-18-10-6-5-9-17(18)19-11-15-7-3-4-8-16(15)12-20/h5-6,9-10,14-16,19-20H,3-4,7-8,11-13H2,1-2H3. The van der Waals surface area contributed by atoms with Gasteiger partial charge < -0.3 is 15.2 Å². The largest absolute Gasteiger partial charge is 0.491 e. The fourth-order valence-electron chi connectivity index (χ4n) is 3.03. The van der Waals surface area contributed by atoms with Crippen LogP contribution in [-0.2, 0) is 0 Å². The molecule has 2 atom stereocenters. The summed E-state index contributed by atoms with van der Waals surface area (Å²) in [5.74, 6) is 2.48. The molecule has 2 unspecified atom stereocenters. The molecule has 2 rings (SSSR count). The Hall–Kier alpha value is -1.22. The van der Waals surface area contributed by atoms with Crippen LogP contribution >= 0.6 is 0 Å². The molecule has 3 heteroatoms. The number of hydrogen-bond acceptors (Lipinski definition) is 3. The summed E-state index contributed by atoms with van der Waals surface area (Å²) in [6.45, 7) is 6.29. The Balaban J connectivity index is 1.92. The number of ether oxygens (including phenoxy) is 1. The Kier molecular flexibility index (Phi) is 6.37. The number of hydrogen-bond donors (Lipinski definition) is 2. The number of aliphatic hydroxyl groups excluding tert-OH is 1. The van der Waals surface area contributed by atoms with Crippen LogP contribution in [0.1, 0.15) is 39.5 Å². The molecule has 1 fully saturated rings. The lowest BCUT2D eigenvalue weighted by molar-refractivity contribution is 0.141. The van der Waals surface area contributed by atoms with Gasteiger partial charge in [-0.05, 0) is 42.7 Å². The van der Waals surface area contributed by atoms with Gasteiger partial charge in [-0.1, -0.05) is 38.8 Å². The molecule has 0 saturated heterocycles. The number of para-hydroxylation sites is 2. The first-order valence-electron chi connectivity index (χ1n) is 8.27. The van der Waals surface area contributed by atoms with Gasteiger partial charge in [-0.2, -0.15) is 0 Å². The maximum atomic E-state index is 9.51. The van der Waals surface area contributed by atoms with Crippen LogP contribution in [0.3, 0.4) is 0 Å². The lowest BCUT2D eigenvalue weighted by atomic mass is 9.79. The summed E-state index contributed by atoms with van der Waals surface area (Å²) in [6, 6.07) is 8.15. The molecule has 0 bridgehead atoms. The van der Waals surface area contributed by atoms with Gasteiger partial charge in [0.15, 0.2) is 0 Å². The molecule has 118 valence electrons. The van der Waals surface area contributed by atoms with Gasteiger partial charge in [0.05, 0.1) is 12.3 Å². The van der Waals surface area contributed by atoms with E-state index < -0.39 is 0 Å². The molecule has 21 heavy (non-hydrogen) atoms. The lowest BCUT2D eigenvalue weighted by Gasteiger charge is -2.30. The van der Waals surface area contributed by atoms with Gasteiger partial charge in [0, 0.05) is 13.2 Å². The van der Waals surface area contributed by atoms with Crippen molar-refractivity contribution >= 4 is 5.69 Å². The SMILES string of the molecule is CC(C)COc1ccccc1NCC1CCCCC1CO. The fraction of sp³-hybridized carbons (Fsp3) is 0.667. The summed E-state index contributed by atoms with van der Waals surface area (Å²) >= 11 is 0. The van der Waals surface area contributed by atoms with Gasteiger partial charge in [0.2, 0.25) is 0 Å². The van der Waals surface area contributed by atoms with Crippen LogP contribution in [0.15, 0.2) is 24.3 Å². The van der Waals surface area contributed by atoms with E-state index in [0.717, 1.165) is 31.0 Å². The van der Waals surface area contributed by atoms with Gasteiger partial charge in [0.1, 0.15) is 5.75 Å². The van der Waals surface area contributed by atoms with E-state index in [2.05, 4.69) is 25.2 Å². The predicted molar refractivity (Wildman–Crippen MR) is 87.8 cm³/mol. The number of anilines is 1. The molecule has 2 N–H and O–H groups in total. The molecule has 0 heterocycles. The molecular weight excluding hydrogens is 262 g/mol. The molecule has 1 saturated carbocycles. The van der Waals surface area contributed by atoms with Crippen molar-refractivity contribution < 1.29 is 9.84 Å². The second kappa shape index (κ2) is 8.28. The van der Waals surface area contributed by atoms with Crippen molar-refractivity contribution in [2.75, 3.05) is 25.1 Å². The first kappa shape index (κ1) is 16.2. The Labute approximate surface area is 128 Å². The zero-order valence-corrected chi connectivity index (χ0v) is 13.3. The zero-order chi connectivity index (χ0) is 15.1. The minimum atomic E-state index is 0.317. The number of aliphatic hydroxyl groups is 1. The van der Waals surface area contributed by atoms with E-state index in [9.17, 15) is 5.11 Å². The van der Waals surface area contributed by atoms with Crippen LogP contribution in [0.2, 0.25) is 0 Å². The van der Waals surface area contributed by atoms with E-state index in [-0.39, 0.29) is 0 Å². The van der Waals surface area contributed by atoms with Gasteiger partial charge in [-0.25, -0.2) is 0 Å². The minimum Gasteiger partial charge on any atom is -0.491 e. The normalized spacial score (nSPS) is 22.3. The smallest absolute Gasteiger partial charge is 0.142 e. The molecule has 0 aromatic heterocycles. The van der Waals surface area contributed by atoms with E-state index >= 15 is 0 Å². The number of benzene rings is 1. The van der Waals surface area contributed by atoms with Crippen molar-refractivity contribution in [1.29, 1.82) is 0 Å². The fourth-order valence-corrected chi connectivity index (χ4v) is 3.03. The third-order valence-electron chi connectivity index (χ3n) is 4.31. The van der Waals surface area contributed by atoms with Crippen molar-refractivity contribution in [2.24, 2.45) is 17.8 Å². The molecule has 1 aromatic rings. The maximum absolute atomic E-state index is 9.51. The van der Waals surface area contributed by atoms with Crippen molar-refractivity contribution in [3.05, 3.63) is 24.3 Å². The Morgan fingerprint density at radius 1 is 1.19 bits per heavy atom. The first-order valence-corrected chi connectivity index (χ1v) is 8.27. The van der Waals surface area contributed by atoms with Crippen molar-refractivity contribution in [3.8, 4) is 5.75 Å². The van der Waals surface area contributed by atoms with Crippen LogP contribution in [0, 0.1) is 17.8 Å². The van der Waals surface area contributed by atoms with Crippen LogP contribution in [0.5, 0.6) is 5.75 Å². The molecular formula is C18H29NO2. The van der Waals surface area contributed by atoms with Gasteiger partial charge >= 0.3 is 0 Å². The number of nitrogens with one attached hydrogen (secondary N) is 1. The topological polar surface area (TPSA) is 41.5 Å². The highest BCUT2D eigenvalue weighted by Crippen LogP contribution is 2.31. The average Bonchev–Trinajstić information content (AvgIpc) is 2.51. The Morgan fingerprint density at radius 2 is 1.90 bits per heavy atom. The van der Waals surface area contributed by atoms with Gasteiger partial charge in [-0.15, -0.1) is 0 Å². The third kappa shape index (κ3) is 4.92. The molecule has 0 spiro atoms. The molecule has 0 aliphatic heterocycles. The summed E-state index contributed by atoms with van der Waals surface area (Å²) in [4.78, 5) is 0. The van der Waals surface area contributed by atoms with E-state index in [1.54, 1.807) is 0 Å². The summed E-state index contributed by atoms with van der Waals surface area (Å²) in [7, 11) is 0. The first-order chi connectivity index (χ1) is 10.2. The van der Waals surface area contributed by atoms with Crippen LogP contribution < -0.4 is 10.1 Å². The maximum Gasteiger partial charge on any atom is 0.142 e. The van der Waals surface area contributed by atoms with Gasteiger partial charge in [0.25, 0.3) is 0 Å². The summed E-state index contributed by atoms with van der Waals surface area (Å²) < 4.78 is 5.88. The van der Waals surface area contributed by atoms with E-state index in [1.807, 2.05) is 18.2 Å². The predicted octanol–water partition coefficient (Wildman–Crippen LogP) is 3.93. The summed E-state index contributed by atoms with van der Waals surface area (Å²) in [5, 5.41) is 13.0. The second-order valence-corrected chi connectivity index (χ2v) is 6.57. The molecule has 1 aliphatic rings. The molecule has 0 amide bonds. The minimum absolute atomic E-state index is 0.317. The van der Waals surface area contributed by atoms with E-state index in [0.29, 0.717) is 24.4 Å². The number of rotatable bonds is 7. The lowest BCUT2D eigenvalue weighted by Crippen LogP contribution is -2.28. The molecule has 1 aromatic carbocycles. The van der Waals surface area contributed by atoms with Crippen LogP contribution in [-0.4, -0.2) is 24.9 Å². The van der Waals surface area contributed by atoms with Crippen LogP contribution in [0.4, 0.5) is 5.69 Å². The van der Waals surface area contributed by atoms with Crippen molar-refractivity contribution in [3.63, 3.8) is 0 Å². The van der Waals surface area contributed by atoms with Crippen molar-refractivity contribution in [1.82, 2.24) is 0 Å². The molecule has 3 nitrogen and oxygen atoms in total. The van der Waals surface area contributed by atoms with Crippen LogP contribution in [0.25, 0.3) is 0 Å². The van der Waals surface area contributed by atoms with E-state index in [1.165, 1.54) is 19.3 Å². The summed E-state index contributed by atoms with van der Waals surface area (Å²) in [6.07, 6.45) is 4.92. The monoisotopic (exact) mass is 291 g/mol. The second-order valence-electron chi connectivity index (χ2n) is 6.57. The molecule has 0 radical (unpaired) electrons.